The minimum atomic E-state index is -0.175. The maximum absolute atomic E-state index is 15.0. The summed E-state index contributed by atoms with van der Waals surface area (Å²) in [5.41, 5.74) is 9.48. The van der Waals surface area contributed by atoms with Gasteiger partial charge in [-0.25, -0.2) is 0 Å². The van der Waals surface area contributed by atoms with Gasteiger partial charge >= 0.3 is 0 Å². The molecule has 0 bridgehead atoms. The molecule has 0 amide bonds. The van der Waals surface area contributed by atoms with Crippen molar-refractivity contribution in [2.24, 2.45) is 0 Å². The highest BCUT2D eigenvalue weighted by atomic mass is 16.3. The van der Waals surface area contributed by atoms with Crippen molar-refractivity contribution in [3.05, 3.63) is 74.5 Å². The standard InChI is InChI=1S/C42H66O2/c1-12-28-23-24-35(29(13-2)14-3)34(25-28)26-38(43)42(44)41-39(32(19-8)20-9)36(30(15-4)16-5)27-37(31(17-6)18-7)40(41)33(21-10)22-11/h23-27,29-33,43H,12-22H2,1-11H3/b38-26-. The van der Waals surface area contributed by atoms with Gasteiger partial charge in [0.15, 0.2) is 5.76 Å². The van der Waals surface area contributed by atoms with E-state index in [9.17, 15) is 5.11 Å². The Hall–Kier alpha value is -2.35. The average molecular weight is 603 g/mol. The highest BCUT2D eigenvalue weighted by Gasteiger charge is 2.33. The quantitative estimate of drug-likeness (QED) is 0.0986. The predicted molar refractivity (Wildman–Crippen MR) is 194 cm³/mol. The Morgan fingerprint density at radius 1 is 0.568 bits per heavy atom. The first kappa shape index (κ1) is 37.8. The number of carbonyl (C=O) groups is 1. The molecular weight excluding hydrogens is 536 g/mol. The maximum Gasteiger partial charge on any atom is 0.227 e. The Bertz CT molecular complexity index is 1150. The third-order valence-corrected chi connectivity index (χ3v) is 10.8. The molecule has 2 aromatic carbocycles. The zero-order valence-corrected chi connectivity index (χ0v) is 30.4. The van der Waals surface area contributed by atoms with Crippen molar-refractivity contribution >= 4 is 11.9 Å². The van der Waals surface area contributed by atoms with Gasteiger partial charge in [-0.15, -0.1) is 0 Å². The predicted octanol–water partition coefficient (Wildman–Crippen LogP) is 13.5. The van der Waals surface area contributed by atoms with Crippen LogP contribution in [0.5, 0.6) is 0 Å². The first-order chi connectivity index (χ1) is 21.2. The van der Waals surface area contributed by atoms with Crippen LogP contribution in [0.3, 0.4) is 0 Å². The molecule has 0 aromatic heterocycles. The van der Waals surface area contributed by atoms with E-state index in [-0.39, 0.29) is 23.4 Å². The van der Waals surface area contributed by atoms with Crippen molar-refractivity contribution in [3.63, 3.8) is 0 Å². The van der Waals surface area contributed by atoms with Crippen molar-refractivity contribution in [1.29, 1.82) is 0 Å². The highest BCUT2D eigenvalue weighted by Crippen LogP contribution is 2.46. The van der Waals surface area contributed by atoms with Gasteiger partial charge in [-0.05, 0) is 145 Å². The second kappa shape index (κ2) is 18.6. The van der Waals surface area contributed by atoms with Gasteiger partial charge in [-0.3, -0.25) is 4.79 Å². The number of Topliss-reactive ketones (excluding diaryl/α,β-unsaturated/α-hetero) is 1. The molecule has 0 radical (unpaired) electrons. The van der Waals surface area contributed by atoms with Crippen LogP contribution in [0.2, 0.25) is 0 Å². The van der Waals surface area contributed by atoms with E-state index in [1.54, 1.807) is 0 Å². The lowest BCUT2D eigenvalue weighted by molar-refractivity contribution is 0.0977. The van der Waals surface area contributed by atoms with Crippen molar-refractivity contribution in [2.45, 2.75) is 176 Å². The number of rotatable bonds is 19. The molecule has 0 atom stereocenters. The molecule has 44 heavy (non-hydrogen) atoms. The summed E-state index contributed by atoms with van der Waals surface area (Å²) in [6, 6.07) is 9.16. The molecule has 0 saturated carbocycles. The summed E-state index contributed by atoms with van der Waals surface area (Å²) >= 11 is 0. The number of aliphatic hydroxyl groups excluding tert-OH is 1. The Labute approximate surface area is 272 Å². The molecule has 2 aromatic rings. The van der Waals surface area contributed by atoms with E-state index in [4.69, 9.17) is 0 Å². The first-order valence-corrected chi connectivity index (χ1v) is 18.5. The Morgan fingerprint density at radius 2 is 0.955 bits per heavy atom. The Balaban J connectivity index is 3.14. The fourth-order valence-electron chi connectivity index (χ4n) is 7.82. The fourth-order valence-corrected chi connectivity index (χ4v) is 7.82. The number of allylic oxidation sites excluding steroid dienone is 1. The summed E-state index contributed by atoms with van der Waals surface area (Å²) in [6.45, 7) is 24.8. The zero-order chi connectivity index (χ0) is 33.0. The third kappa shape index (κ3) is 8.27. The minimum Gasteiger partial charge on any atom is -0.504 e. The van der Waals surface area contributed by atoms with E-state index in [2.05, 4.69) is 100 Å². The van der Waals surface area contributed by atoms with Crippen molar-refractivity contribution < 1.29 is 9.90 Å². The SMILES string of the molecule is CCc1ccc(C(CC)CC)c(/C=C(\O)C(=O)c2c(C(CC)CC)c(C(CC)CC)cc(C(CC)CC)c2C(CC)CC)c1. The molecule has 0 aliphatic heterocycles. The lowest BCUT2D eigenvalue weighted by atomic mass is 9.71. The monoisotopic (exact) mass is 603 g/mol. The molecule has 246 valence electrons. The van der Waals surface area contributed by atoms with Gasteiger partial charge in [0.05, 0.1) is 0 Å². The van der Waals surface area contributed by atoms with Crippen LogP contribution in [0.4, 0.5) is 0 Å². The second-order valence-electron chi connectivity index (χ2n) is 13.0. The first-order valence-electron chi connectivity index (χ1n) is 18.5. The number of ketones is 1. The van der Waals surface area contributed by atoms with Crippen LogP contribution in [-0.4, -0.2) is 10.9 Å². The average Bonchev–Trinajstić information content (AvgIpc) is 3.05. The number of aryl methyl sites for hydroxylation is 1. The number of hydrogen-bond donors (Lipinski definition) is 1. The van der Waals surface area contributed by atoms with E-state index >= 15 is 4.79 Å². The lowest BCUT2D eigenvalue weighted by Gasteiger charge is -2.33. The Kier molecular flexibility index (Phi) is 16.0. The number of hydrogen-bond acceptors (Lipinski definition) is 2. The number of carbonyl (C=O) groups excluding carboxylic acids is 1. The van der Waals surface area contributed by atoms with Crippen LogP contribution in [0.1, 0.15) is 219 Å². The molecule has 2 rings (SSSR count). The van der Waals surface area contributed by atoms with E-state index in [1.165, 1.54) is 33.4 Å². The normalized spacial score (nSPS) is 12.5. The van der Waals surface area contributed by atoms with Crippen LogP contribution < -0.4 is 0 Å². The van der Waals surface area contributed by atoms with E-state index < -0.39 is 0 Å². The van der Waals surface area contributed by atoms with Crippen LogP contribution in [0.15, 0.2) is 30.0 Å². The maximum atomic E-state index is 15.0. The second-order valence-corrected chi connectivity index (χ2v) is 13.0. The molecule has 2 nitrogen and oxygen atoms in total. The van der Waals surface area contributed by atoms with Crippen LogP contribution in [0, 0.1) is 0 Å². The third-order valence-electron chi connectivity index (χ3n) is 10.8. The molecule has 1 N–H and O–H groups in total. The summed E-state index contributed by atoms with van der Waals surface area (Å²) in [4.78, 5) is 15.0. The van der Waals surface area contributed by atoms with Gasteiger partial charge in [0.2, 0.25) is 5.78 Å². The van der Waals surface area contributed by atoms with Gasteiger partial charge in [0, 0.05) is 5.56 Å². The van der Waals surface area contributed by atoms with Crippen LogP contribution in [0.25, 0.3) is 6.08 Å². The minimum absolute atomic E-state index is 0.109. The summed E-state index contributed by atoms with van der Waals surface area (Å²) in [7, 11) is 0. The van der Waals surface area contributed by atoms with Gasteiger partial charge in [-0.2, -0.15) is 0 Å². The zero-order valence-electron chi connectivity index (χ0n) is 30.4. The van der Waals surface area contributed by atoms with Gasteiger partial charge < -0.3 is 5.11 Å². The van der Waals surface area contributed by atoms with E-state index in [0.717, 1.165) is 81.8 Å². The molecule has 0 saturated heterocycles. The molecular formula is C42H66O2. The molecule has 2 heteroatoms. The lowest BCUT2D eigenvalue weighted by Crippen LogP contribution is -2.21. The summed E-state index contributed by atoms with van der Waals surface area (Å²) in [5.74, 6) is 1.47. The van der Waals surface area contributed by atoms with Crippen molar-refractivity contribution in [3.8, 4) is 0 Å². The van der Waals surface area contributed by atoms with Crippen LogP contribution in [-0.2, 0) is 6.42 Å². The summed E-state index contributed by atoms with van der Waals surface area (Å²) in [6.07, 6.45) is 12.9. The number of benzene rings is 2. The van der Waals surface area contributed by atoms with Gasteiger partial charge in [-0.1, -0.05) is 100 Å². The molecule has 0 spiro atoms. The highest BCUT2D eigenvalue weighted by molar-refractivity contribution is 6.12. The van der Waals surface area contributed by atoms with Gasteiger partial charge in [0.1, 0.15) is 0 Å². The fraction of sp³-hybridized carbons (Fsp3) is 0.643. The molecule has 0 aliphatic rings. The molecule has 0 heterocycles. The van der Waals surface area contributed by atoms with E-state index in [0.29, 0.717) is 17.8 Å². The molecule has 0 aliphatic carbocycles. The molecule has 0 unspecified atom stereocenters. The van der Waals surface area contributed by atoms with Gasteiger partial charge in [0.25, 0.3) is 0 Å². The van der Waals surface area contributed by atoms with Crippen molar-refractivity contribution in [2.75, 3.05) is 0 Å². The topological polar surface area (TPSA) is 37.3 Å². The largest absolute Gasteiger partial charge is 0.504 e. The molecule has 0 fully saturated rings. The number of aliphatic hydroxyl groups is 1. The Morgan fingerprint density at radius 3 is 1.32 bits per heavy atom. The van der Waals surface area contributed by atoms with Crippen LogP contribution >= 0.6 is 0 Å². The van der Waals surface area contributed by atoms with Crippen molar-refractivity contribution in [1.82, 2.24) is 0 Å². The smallest absolute Gasteiger partial charge is 0.227 e. The summed E-state index contributed by atoms with van der Waals surface area (Å²) in [5, 5.41) is 11.9. The van der Waals surface area contributed by atoms with E-state index in [1.807, 2.05) is 6.08 Å². The summed E-state index contributed by atoms with van der Waals surface area (Å²) < 4.78 is 0.